The van der Waals surface area contributed by atoms with Gasteiger partial charge in [-0.2, -0.15) is 0 Å². The number of carbonyl (C=O) groups excluding carboxylic acids is 3. The van der Waals surface area contributed by atoms with Gasteiger partial charge in [-0.1, -0.05) is 36.7 Å². The third-order valence-electron chi connectivity index (χ3n) is 4.78. The van der Waals surface area contributed by atoms with E-state index in [-0.39, 0.29) is 5.70 Å². The van der Waals surface area contributed by atoms with Crippen molar-refractivity contribution in [3.8, 4) is 11.5 Å². The van der Waals surface area contributed by atoms with Crippen molar-refractivity contribution in [1.82, 2.24) is 10.2 Å². The molecule has 168 valence electrons. The minimum absolute atomic E-state index is 0.0282. The van der Waals surface area contributed by atoms with Crippen molar-refractivity contribution < 1.29 is 23.9 Å². The fraction of sp³-hybridized carbons (Fsp3) is 0.261. The normalized spacial score (nSPS) is 14.5. The summed E-state index contributed by atoms with van der Waals surface area (Å²) >= 11 is 6.25. The monoisotopic (exact) mass is 457 g/mol. The summed E-state index contributed by atoms with van der Waals surface area (Å²) in [4.78, 5) is 38.4. The Labute approximate surface area is 191 Å². The fourth-order valence-electron chi connectivity index (χ4n) is 3.30. The van der Waals surface area contributed by atoms with E-state index in [4.69, 9.17) is 21.1 Å². The van der Waals surface area contributed by atoms with Gasteiger partial charge in [0.1, 0.15) is 12.2 Å². The number of urea groups is 1. The van der Waals surface area contributed by atoms with E-state index in [0.29, 0.717) is 34.4 Å². The number of carbonyl (C=O) groups is 3. The van der Waals surface area contributed by atoms with Crippen molar-refractivity contribution in [2.45, 2.75) is 20.3 Å². The zero-order chi connectivity index (χ0) is 23.3. The van der Waals surface area contributed by atoms with Crippen molar-refractivity contribution in [2.24, 2.45) is 0 Å². The van der Waals surface area contributed by atoms with Crippen molar-refractivity contribution >= 4 is 41.2 Å². The molecule has 0 spiro atoms. The Morgan fingerprint density at radius 1 is 1.22 bits per heavy atom. The van der Waals surface area contributed by atoms with Gasteiger partial charge in [0.05, 0.1) is 18.7 Å². The number of ether oxygens (including phenoxy) is 2. The molecule has 32 heavy (non-hydrogen) atoms. The van der Waals surface area contributed by atoms with E-state index in [1.807, 2.05) is 26.0 Å². The standard InChI is InChI=1S/C23H24ClN3O5/c1-4-15-8-6-7-9-17(15)25-20(28)13-27-22(29)18(26-23(27)30)11-14-10-16(24)21(31-3)19(12-14)32-5-2/h6-12H,4-5,13H2,1-3H3,(H,25,28)(H,26,30)/b18-11+. The van der Waals surface area contributed by atoms with Crippen LogP contribution in [0, 0.1) is 0 Å². The van der Waals surface area contributed by atoms with Gasteiger partial charge in [-0.25, -0.2) is 9.69 Å². The van der Waals surface area contributed by atoms with Crippen LogP contribution in [0.4, 0.5) is 10.5 Å². The van der Waals surface area contributed by atoms with Crippen LogP contribution in [0.1, 0.15) is 25.0 Å². The number of nitrogens with zero attached hydrogens (tertiary/aromatic N) is 1. The number of hydrogen-bond acceptors (Lipinski definition) is 5. The van der Waals surface area contributed by atoms with Gasteiger partial charge in [0.25, 0.3) is 5.91 Å². The lowest BCUT2D eigenvalue weighted by Gasteiger charge is -2.13. The van der Waals surface area contributed by atoms with Crippen LogP contribution in [0.15, 0.2) is 42.1 Å². The number of benzene rings is 2. The summed E-state index contributed by atoms with van der Waals surface area (Å²) < 4.78 is 10.8. The van der Waals surface area contributed by atoms with Gasteiger partial charge in [0.15, 0.2) is 11.5 Å². The van der Waals surface area contributed by atoms with Crippen LogP contribution in [-0.2, 0) is 16.0 Å². The molecule has 2 aromatic rings. The topological polar surface area (TPSA) is 97.0 Å². The van der Waals surface area contributed by atoms with Crippen LogP contribution >= 0.6 is 11.6 Å². The molecule has 1 aliphatic rings. The molecule has 0 unspecified atom stereocenters. The van der Waals surface area contributed by atoms with Gasteiger partial charge in [-0.05, 0) is 48.7 Å². The number of nitrogens with one attached hydrogen (secondary N) is 2. The largest absolute Gasteiger partial charge is 0.491 e. The summed E-state index contributed by atoms with van der Waals surface area (Å²) in [6.45, 7) is 3.78. The lowest BCUT2D eigenvalue weighted by atomic mass is 10.1. The van der Waals surface area contributed by atoms with Crippen LogP contribution in [0.2, 0.25) is 5.02 Å². The maximum absolute atomic E-state index is 12.8. The van der Waals surface area contributed by atoms with E-state index in [1.54, 1.807) is 24.3 Å². The lowest BCUT2D eigenvalue weighted by molar-refractivity contribution is -0.127. The van der Waals surface area contributed by atoms with E-state index in [9.17, 15) is 14.4 Å². The molecule has 1 heterocycles. The SMILES string of the molecule is CCOc1cc(/C=C2/NC(=O)N(CC(=O)Nc3ccccc3CC)C2=O)cc(Cl)c1OC. The highest BCUT2D eigenvalue weighted by Crippen LogP contribution is 2.37. The molecule has 4 amide bonds. The number of methoxy groups -OCH3 is 1. The van der Waals surface area contributed by atoms with E-state index < -0.39 is 24.4 Å². The Balaban J connectivity index is 1.77. The Bertz CT molecular complexity index is 1080. The number of para-hydroxylation sites is 1. The maximum atomic E-state index is 12.8. The van der Waals surface area contributed by atoms with Crippen molar-refractivity contribution in [3.63, 3.8) is 0 Å². The van der Waals surface area contributed by atoms with E-state index in [0.717, 1.165) is 16.9 Å². The zero-order valence-corrected chi connectivity index (χ0v) is 18.8. The molecule has 1 saturated heterocycles. The molecular weight excluding hydrogens is 434 g/mol. The average Bonchev–Trinajstić information content (AvgIpc) is 3.01. The fourth-order valence-corrected chi connectivity index (χ4v) is 3.59. The number of amides is 4. The zero-order valence-electron chi connectivity index (χ0n) is 18.0. The molecule has 8 nitrogen and oxygen atoms in total. The second-order valence-electron chi connectivity index (χ2n) is 6.91. The molecule has 9 heteroatoms. The number of aryl methyl sites for hydroxylation is 1. The van der Waals surface area contributed by atoms with Crippen molar-refractivity contribution in [3.05, 3.63) is 58.2 Å². The summed E-state index contributed by atoms with van der Waals surface area (Å²) in [5.74, 6) is -0.291. The third kappa shape index (κ3) is 5.03. The number of hydrogen-bond donors (Lipinski definition) is 2. The molecule has 1 fully saturated rings. The highest BCUT2D eigenvalue weighted by Gasteiger charge is 2.35. The molecular formula is C23H24ClN3O5. The Hall–Kier alpha value is -3.52. The smallest absolute Gasteiger partial charge is 0.329 e. The first kappa shape index (κ1) is 23.1. The van der Waals surface area contributed by atoms with E-state index in [1.165, 1.54) is 13.2 Å². The number of imide groups is 1. The average molecular weight is 458 g/mol. The minimum Gasteiger partial charge on any atom is -0.491 e. The molecule has 0 aliphatic carbocycles. The van der Waals surface area contributed by atoms with E-state index >= 15 is 0 Å². The summed E-state index contributed by atoms with van der Waals surface area (Å²) in [6.07, 6.45) is 2.21. The van der Waals surface area contributed by atoms with Crippen LogP contribution in [-0.4, -0.2) is 43.0 Å². The minimum atomic E-state index is -0.676. The quantitative estimate of drug-likeness (QED) is 0.463. The molecule has 0 aromatic heterocycles. The van der Waals surface area contributed by atoms with Crippen LogP contribution in [0.25, 0.3) is 6.08 Å². The first-order valence-electron chi connectivity index (χ1n) is 10.1. The predicted molar refractivity (Wildman–Crippen MR) is 122 cm³/mol. The molecule has 0 bridgehead atoms. The molecule has 0 saturated carbocycles. The van der Waals surface area contributed by atoms with Crippen LogP contribution in [0.5, 0.6) is 11.5 Å². The molecule has 3 rings (SSSR count). The van der Waals surface area contributed by atoms with Gasteiger partial charge >= 0.3 is 6.03 Å². The van der Waals surface area contributed by atoms with Crippen LogP contribution < -0.4 is 20.1 Å². The van der Waals surface area contributed by atoms with Gasteiger partial charge in [-0.3, -0.25) is 9.59 Å². The van der Waals surface area contributed by atoms with Crippen molar-refractivity contribution in [1.29, 1.82) is 0 Å². The Morgan fingerprint density at radius 2 is 1.97 bits per heavy atom. The lowest BCUT2D eigenvalue weighted by Crippen LogP contribution is -2.38. The number of rotatable bonds is 8. The summed E-state index contributed by atoms with van der Waals surface area (Å²) in [5.41, 5.74) is 2.17. The summed E-state index contributed by atoms with van der Waals surface area (Å²) in [7, 11) is 1.48. The van der Waals surface area contributed by atoms with Gasteiger partial charge in [0.2, 0.25) is 5.91 Å². The van der Waals surface area contributed by atoms with Gasteiger partial charge < -0.3 is 20.1 Å². The number of halogens is 1. The summed E-state index contributed by atoms with van der Waals surface area (Å²) in [5, 5.41) is 5.55. The Morgan fingerprint density at radius 3 is 2.66 bits per heavy atom. The van der Waals surface area contributed by atoms with Gasteiger partial charge in [-0.15, -0.1) is 0 Å². The first-order chi connectivity index (χ1) is 15.4. The van der Waals surface area contributed by atoms with Crippen molar-refractivity contribution in [2.75, 3.05) is 25.6 Å². The maximum Gasteiger partial charge on any atom is 0.329 e. The molecule has 2 aromatic carbocycles. The molecule has 2 N–H and O–H groups in total. The molecule has 0 atom stereocenters. The highest BCUT2D eigenvalue weighted by molar-refractivity contribution is 6.32. The molecule has 1 aliphatic heterocycles. The van der Waals surface area contributed by atoms with Gasteiger partial charge in [0, 0.05) is 5.69 Å². The second kappa shape index (κ2) is 10.2. The Kier molecular flexibility index (Phi) is 7.37. The highest BCUT2D eigenvalue weighted by atomic mass is 35.5. The number of anilines is 1. The second-order valence-corrected chi connectivity index (χ2v) is 7.31. The van der Waals surface area contributed by atoms with E-state index in [2.05, 4.69) is 10.6 Å². The first-order valence-corrected chi connectivity index (χ1v) is 10.5. The summed E-state index contributed by atoms with van der Waals surface area (Å²) in [6, 6.07) is 9.93. The van der Waals surface area contributed by atoms with Crippen LogP contribution in [0.3, 0.4) is 0 Å². The molecule has 0 radical (unpaired) electrons. The predicted octanol–water partition coefficient (Wildman–Crippen LogP) is 3.84. The third-order valence-corrected chi connectivity index (χ3v) is 5.06.